The molecule has 0 atom stereocenters. The third-order valence-electron chi connectivity index (χ3n) is 5.97. The summed E-state index contributed by atoms with van der Waals surface area (Å²) >= 11 is 12.2. The third-order valence-corrected chi connectivity index (χ3v) is 6.51. The van der Waals surface area contributed by atoms with Crippen LogP contribution in [0, 0.1) is 5.92 Å². The molecule has 162 valence electrons. The third kappa shape index (κ3) is 3.96. The first-order valence-electron chi connectivity index (χ1n) is 10.4. The summed E-state index contributed by atoms with van der Waals surface area (Å²) in [5.41, 5.74) is 3.80. The lowest BCUT2D eigenvalue weighted by Crippen LogP contribution is -2.51. The Hall–Kier alpha value is -2.96. The molecule has 1 aromatic carbocycles. The summed E-state index contributed by atoms with van der Waals surface area (Å²) in [6.45, 7) is 1.88. The molecule has 8 heteroatoms. The van der Waals surface area contributed by atoms with Crippen molar-refractivity contribution in [3.8, 4) is 0 Å². The number of rotatable bonds is 4. The maximum Gasteiger partial charge on any atom is 0.274 e. The second kappa shape index (κ2) is 8.52. The molecule has 0 radical (unpaired) electrons. The molecule has 5 rings (SSSR count). The Balaban J connectivity index is 1.24. The maximum atomic E-state index is 13.0. The molecule has 6 nitrogen and oxygen atoms in total. The van der Waals surface area contributed by atoms with Gasteiger partial charge >= 0.3 is 0 Å². The fourth-order valence-electron chi connectivity index (χ4n) is 4.33. The number of fused-ring (bicyclic) bond motifs is 1. The van der Waals surface area contributed by atoms with Crippen molar-refractivity contribution in [2.45, 2.75) is 12.8 Å². The molecule has 0 spiro atoms. The van der Waals surface area contributed by atoms with E-state index in [0.29, 0.717) is 46.9 Å². The van der Waals surface area contributed by atoms with Crippen LogP contribution >= 0.6 is 23.2 Å². The summed E-state index contributed by atoms with van der Waals surface area (Å²) in [6, 6.07) is 10.8. The molecule has 2 aliphatic rings. The number of hydrogen-bond donors (Lipinski definition) is 0. The molecule has 2 aliphatic heterocycles. The molecule has 0 saturated carbocycles. The fourth-order valence-corrected chi connectivity index (χ4v) is 4.72. The van der Waals surface area contributed by atoms with Crippen molar-refractivity contribution in [3.63, 3.8) is 0 Å². The number of likely N-dealkylation sites (tertiary alicyclic amines) is 1. The van der Waals surface area contributed by atoms with Crippen LogP contribution in [0.3, 0.4) is 0 Å². The number of aromatic nitrogens is 2. The minimum absolute atomic E-state index is 0.0328. The molecule has 3 aromatic rings. The van der Waals surface area contributed by atoms with Crippen molar-refractivity contribution in [3.05, 3.63) is 87.4 Å². The Kier molecular flexibility index (Phi) is 5.57. The summed E-state index contributed by atoms with van der Waals surface area (Å²) in [5, 5.41) is 1.01. The van der Waals surface area contributed by atoms with Gasteiger partial charge in [0.1, 0.15) is 5.69 Å². The van der Waals surface area contributed by atoms with Crippen LogP contribution in [0.1, 0.15) is 32.0 Å². The molecule has 0 bridgehead atoms. The van der Waals surface area contributed by atoms with Crippen molar-refractivity contribution in [2.24, 2.45) is 5.92 Å². The molecule has 32 heavy (non-hydrogen) atoms. The number of amides is 2. The van der Waals surface area contributed by atoms with E-state index in [-0.39, 0.29) is 11.8 Å². The van der Waals surface area contributed by atoms with Crippen molar-refractivity contribution in [1.29, 1.82) is 0 Å². The van der Waals surface area contributed by atoms with Gasteiger partial charge in [0.05, 0.1) is 16.9 Å². The van der Waals surface area contributed by atoms with Gasteiger partial charge < -0.3 is 9.80 Å². The van der Waals surface area contributed by atoms with E-state index in [4.69, 9.17) is 23.2 Å². The Bertz CT molecular complexity index is 1210. The SMILES string of the molecule is O=C(c1ncccc1Cl)N1CC(Cc2cncc(N3CCc4cc(Cl)ccc4C3=O)c2)C1. The number of pyridine rings is 2. The van der Waals surface area contributed by atoms with Crippen LogP contribution in [-0.2, 0) is 12.8 Å². The van der Waals surface area contributed by atoms with Gasteiger partial charge in [-0.2, -0.15) is 0 Å². The van der Waals surface area contributed by atoms with Crippen molar-refractivity contribution in [2.75, 3.05) is 24.5 Å². The molecule has 1 saturated heterocycles. The van der Waals surface area contributed by atoms with Gasteiger partial charge in [0.2, 0.25) is 0 Å². The van der Waals surface area contributed by atoms with Gasteiger partial charge in [0, 0.05) is 42.6 Å². The van der Waals surface area contributed by atoms with Crippen molar-refractivity contribution in [1.82, 2.24) is 14.9 Å². The zero-order valence-corrected chi connectivity index (χ0v) is 18.7. The van der Waals surface area contributed by atoms with E-state index in [1.54, 1.807) is 46.5 Å². The highest BCUT2D eigenvalue weighted by atomic mass is 35.5. The van der Waals surface area contributed by atoms with E-state index in [0.717, 1.165) is 29.7 Å². The van der Waals surface area contributed by atoms with Crippen LogP contribution in [0.5, 0.6) is 0 Å². The number of carbonyl (C=O) groups excluding carboxylic acids is 2. The summed E-state index contributed by atoms with van der Waals surface area (Å²) in [5.74, 6) is 0.157. The lowest BCUT2D eigenvalue weighted by Gasteiger charge is -2.39. The van der Waals surface area contributed by atoms with Crippen LogP contribution in [0.25, 0.3) is 0 Å². The van der Waals surface area contributed by atoms with Crippen molar-refractivity contribution >= 4 is 40.7 Å². The van der Waals surface area contributed by atoms with Gasteiger partial charge in [0.25, 0.3) is 11.8 Å². The summed E-state index contributed by atoms with van der Waals surface area (Å²) in [7, 11) is 0. The topological polar surface area (TPSA) is 66.4 Å². The van der Waals surface area contributed by atoms with Gasteiger partial charge in [-0.15, -0.1) is 0 Å². The standard InChI is InChI=1S/C24H20Cl2N4O2/c25-18-3-4-20-17(10-18)5-7-30(23(20)31)19-9-15(11-27-12-19)8-16-13-29(14-16)24(32)22-21(26)2-1-6-28-22/h1-4,6,9-12,16H,5,7-8,13-14H2. The highest BCUT2D eigenvalue weighted by molar-refractivity contribution is 6.33. The van der Waals surface area contributed by atoms with Crippen LogP contribution in [0.15, 0.2) is 55.0 Å². The Labute approximate surface area is 195 Å². The number of carbonyl (C=O) groups is 2. The average Bonchev–Trinajstić information content (AvgIpc) is 2.76. The fraction of sp³-hybridized carbons (Fsp3) is 0.250. The monoisotopic (exact) mass is 466 g/mol. The maximum absolute atomic E-state index is 13.0. The zero-order valence-electron chi connectivity index (χ0n) is 17.2. The van der Waals surface area contributed by atoms with Crippen molar-refractivity contribution < 1.29 is 9.59 Å². The van der Waals surface area contributed by atoms with Gasteiger partial charge in [0.15, 0.2) is 0 Å². The first kappa shape index (κ1) is 20.9. The Morgan fingerprint density at radius 2 is 1.97 bits per heavy atom. The van der Waals surface area contributed by atoms with Gasteiger partial charge in [-0.3, -0.25) is 14.6 Å². The lowest BCUT2D eigenvalue weighted by molar-refractivity contribution is 0.0495. The number of nitrogens with zero attached hydrogens (tertiary/aromatic N) is 4. The first-order valence-corrected chi connectivity index (χ1v) is 11.2. The molecule has 0 unspecified atom stereocenters. The molecule has 1 fully saturated rings. The van der Waals surface area contributed by atoms with E-state index >= 15 is 0 Å². The summed E-state index contributed by atoms with van der Waals surface area (Å²) in [6.07, 6.45) is 6.66. The molecule has 0 aliphatic carbocycles. The molecular weight excluding hydrogens is 447 g/mol. The second-order valence-corrected chi connectivity index (χ2v) is 9.02. The van der Waals surface area contributed by atoms with Crippen LogP contribution in [-0.4, -0.2) is 46.3 Å². The minimum atomic E-state index is -0.142. The molecule has 4 heterocycles. The molecule has 2 amide bonds. The normalized spacial score (nSPS) is 16.0. The van der Waals surface area contributed by atoms with Crippen LogP contribution in [0.2, 0.25) is 10.0 Å². The summed E-state index contributed by atoms with van der Waals surface area (Å²) in [4.78, 5) is 37.6. The Morgan fingerprint density at radius 3 is 2.78 bits per heavy atom. The average molecular weight is 467 g/mol. The quantitative estimate of drug-likeness (QED) is 0.574. The number of anilines is 1. The van der Waals surface area contributed by atoms with E-state index < -0.39 is 0 Å². The molecule has 2 aromatic heterocycles. The van der Waals surface area contributed by atoms with Crippen LogP contribution < -0.4 is 4.90 Å². The highest BCUT2D eigenvalue weighted by Gasteiger charge is 2.33. The Morgan fingerprint density at radius 1 is 1.12 bits per heavy atom. The summed E-state index contributed by atoms with van der Waals surface area (Å²) < 4.78 is 0. The van der Waals surface area contributed by atoms with E-state index in [1.807, 2.05) is 18.3 Å². The lowest BCUT2D eigenvalue weighted by atomic mass is 9.92. The van der Waals surface area contributed by atoms with Gasteiger partial charge in [-0.25, -0.2) is 4.98 Å². The predicted octanol–water partition coefficient (Wildman–Crippen LogP) is 4.30. The zero-order chi connectivity index (χ0) is 22.2. The predicted molar refractivity (Wildman–Crippen MR) is 123 cm³/mol. The number of benzene rings is 1. The second-order valence-electron chi connectivity index (χ2n) is 8.17. The van der Waals surface area contributed by atoms with E-state index in [2.05, 4.69) is 9.97 Å². The largest absolute Gasteiger partial charge is 0.337 e. The number of hydrogen-bond acceptors (Lipinski definition) is 4. The van der Waals surface area contributed by atoms with Crippen LogP contribution in [0.4, 0.5) is 5.69 Å². The molecular formula is C24H20Cl2N4O2. The smallest absolute Gasteiger partial charge is 0.274 e. The van der Waals surface area contributed by atoms with Gasteiger partial charge in [-0.1, -0.05) is 23.2 Å². The first-order chi connectivity index (χ1) is 15.5. The number of halogens is 2. The van der Waals surface area contributed by atoms with E-state index in [9.17, 15) is 9.59 Å². The van der Waals surface area contributed by atoms with E-state index in [1.165, 1.54) is 0 Å². The molecule has 0 N–H and O–H groups in total. The van der Waals surface area contributed by atoms with Gasteiger partial charge in [-0.05, 0) is 66.3 Å². The minimum Gasteiger partial charge on any atom is -0.337 e. The highest BCUT2D eigenvalue weighted by Crippen LogP contribution is 2.29.